The second kappa shape index (κ2) is 7.09. The van der Waals surface area contributed by atoms with Crippen molar-refractivity contribution < 1.29 is 9.59 Å². The van der Waals surface area contributed by atoms with Crippen LogP contribution in [0.4, 0.5) is 0 Å². The quantitative estimate of drug-likeness (QED) is 0.838. The molecule has 126 valence electrons. The number of amides is 2. The zero-order valence-corrected chi connectivity index (χ0v) is 14.7. The van der Waals surface area contributed by atoms with Gasteiger partial charge in [0.2, 0.25) is 5.91 Å². The van der Waals surface area contributed by atoms with Gasteiger partial charge < -0.3 is 9.80 Å². The predicted molar refractivity (Wildman–Crippen MR) is 92.9 cm³/mol. The molecule has 0 spiro atoms. The van der Waals surface area contributed by atoms with Gasteiger partial charge in [0.15, 0.2) is 0 Å². The molecule has 0 radical (unpaired) electrons. The first-order valence-corrected chi connectivity index (χ1v) is 8.85. The lowest BCUT2D eigenvalue weighted by atomic mass is 10.1. The molecule has 24 heavy (non-hydrogen) atoms. The highest BCUT2D eigenvalue weighted by Gasteiger charge is 2.22. The molecule has 1 fully saturated rings. The number of aromatic nitrogens is 2. The SMILES string of the molecule is CC(=O)N1CCCN(C(=O)c2ccnc(-c3scnc3C)c2)CC1. The Morgan fingerprint density at radius 2 is 1.88 bits per heavy atom. The van der Waals surface area contributed by atoms with Gasteiger partial charge in [0.25, 0.3) is 5.91 Å². The van der Waals surface area contributed by atoms with Gasteiger partial charge in [-0.1, -0.05) is 0 Å². The van der Waals surface area contributed by atoms with Crippen molar-refractivity contribution in [2.24, 2.45) is 0 Å². The van der Waals surface area contributed by atoms with E-state index >= 15 is 0 Å². The van der Waals surface area contributed by atoms with Gasteiger partial charge in [0, 0.05) is 44.9 Å². The summed E-state index contributed by atoms with van der Waals surface area (Å²) in [4.78, 5) is 37.6. The van der Waals surface area contributed by atoms with E-state index < -0.39 is 0 Å². The van der Waals surface area contributed by atoms with E-state index in [0.29, 0.717) is 31.7 Å². The molecule has 1 saturated heterocycles. The molecule has 0 aliphatic carbocycles. The van der Waals surface area contributed by atoms with Gasteiger partial charge in [0.05, 0.1) is 21.8 Å². The summed E-state index contributed by atoms with van der Waals surface area (Å²) in [6.07, 6.45) is 2.47. The highest BCUT2D eigenvalue weighted by molar-refractivity contribution is 7.13. The van der Waals surface area contributed by atoms with E-state index in [2.05, 4.69) is 9.97 Å². The maximum atomic E-state index is 12.8. The molecule has 0 atom stereocenters. The number of rotatable bonds is 2. The first kappa shape index (κ1) is 16.6. The minimum atomic E-state index is -0.00813. The van der Waals surface area contributed by atoms with Crippen LogP contribution in [0.15, 0.2) is 23.8 Å². The molecule has 2 aromatic rings. The van der Waals surface area contributed by atoms with Crippen LogP contribution in [0, 0.1) is 6.92 Å². The molecule has 6 nitrogen and oxygen atoms in total. The van der Waals surface area contributed by atoms with Crippen molar-refractivity contribution >= 4 is 23.2 Å². The van der Waals surface area contributed by atoms with E-state index in [1.807, 2.05) is 17.9 Å². The van der Waals surface area contributed by atoms with E-state index in [1.54, 1.807) is 29.6 Å². The molecule has 1 aliphatic heterocycles. The van der Waals surface area contributed by atoms with Crippen molar-refractivity contribution in [2.75, 3.05) is 26.2 Å². The minimum absolute atomic E-state index is 0.00813. The van der Waals surface area contributed by atoms with Gasteiger partial charge in [-0.3, -0.25) is 14.6 Å². The summed E-state index contributed by atoms with van der Waals surface area (Å²) in [5.74, 6) is 0.0578. The molecule has 3 rings (SSSR count). The summed E-state index contributed by atoms with van der Waals surface area (Å²) in [5, 5.41) is 0. The molecule has 0 saturated carbocycles. The van der Waals surface area contributed by atoms with E-state index in [-0.39, 0.29) is 11.8 Å². The van der Waals surface area contributed by atoms with Gasteiger partial charge in [-0.25, -0.2) is 4.98 Å². The van der Waals surface area contributed by atoms with E-state index in [9.17, 15) is 9.59 Å². The smallest absolute Gasteiger partial charge is 0.254 e. The number of hydrogen-bond donors (Lipinski definition) is 0. The minimum Gasteiger partial charge on any atom is -0.341 e. The molecule has 2 amide bonds. The van der Waals surface area contributed by atoms with E-state index in [1.165, 1.54) is 11.3 Å². The molecule has 0 aromatic carbocycles. The van der Waals surface area contributed by atoms with Gasteiger partial charge in [-0.2, -0.15) is 0 Å². The van der Waals surface area contributed by atoms with E-state index in [0.717, 1.165) is 22.7 Å². The van der Waals surface area contributed by atoms with Crippen LogP contribution in [0.1, 0.15) is 29.4 Å². The van der Waals surface area contributed by atoms with Crippen LogP contribution in [0.3, 0.4) is 0 Å². The number of hydrogen-bond acceptors (Lipinski definition) is 5. The summed E-state index contributed by atoms with van der Waals surface area (Å²) in [7, 11) is 0. The Labute approximate surface area is 145 Å². The summed E-state index contributed by atoms with van der Waals surface area (Å²) in [5.41, 5.74) is 4.11. The topological polar surface area (TPSA) is 66.4 Å². The van der Waals surface area contributed by atoms with Crippen molar-refractivity contribution in [3.63, 3.8) is 0 Å². The molecular formula is C17H20N4O2S. The largest absolute Gasteiger partial charge is 0.341 e. The van der Waals surface area contributed by atoms with Crippen LogP contribution in [-0.2, 0) is 4.79 Å². The number of aryl methyl sites for hydroxylation is 1. The number of pyridine rings is 1. The summed E-state index contributed by atoms with van der Waals surface area (Å²) < 4.78 is 0. The Kier molecular flexibility index (Phi) is 4.89. The lowest BCUT2D eigenvalue weighted by Crippen LogP contribution is -2.36. The highest BCUT2D eigenvalue weighted by Crippen LogP contribution is 2.26. The Bertz CT molecular complexity index is 759. The summed E-state index contributed by atoms with van der Waals surface area (Å²) in [6.45, 7) is 6.04. The Morgan fingerprint density at radius 1 is 1.12 bits per heavy atom. The molecule has 7 heteroatoms. The fraction of sp³-hybridized carbons (Fsp3) is 0.412. The lowest BCUT2D eigenvalue weighted by Gasteiger charge is -2.21. The number of carbonyl (C=O) groups excluding carboxylic acids is 2. The van der Waals surface area contributed by atoms with Crippen LogP contribution in [0.2, 0.25) is 0 Å². The van der Waals surface area contributed by atoms with Crippen LogP contribution in [0.25, 0.3) is 10.6 Å². The first-order chi connectivity index (χ1) is 11.6. The third-order valence-electron chi connectivity index (χ3n) is 4.21. The first-order valence-electron chi connectivity index (χ1n) is 7.97. The molecule has 0 N–H and O–H groups in total. The Morgan fingerprint density at radius 3 is 2.58 bits per heavy atom. The van der Waals surface area contributed by atoms with Crippen LogP contribution >= 0.6 is 11.3 Å². The van der Waals surface area contributed by atoms with Gasteiger partial charge in [0.1, 0.15) is 0 Å². The molecule has 0 unspecified atom stereocenters. The average Bonchev–Trinajstić information content (AvgIpc) is 2.85. The number of thiazole rings is 1. The van der Waals surface area contributed by atoms with Gasteiger partial charge in [-0.15, -0.1) is 11.3 Å². The Balaban J connectivity index is 1.78. The molecule has 0 bridgehead atoms. The average molecular weight is 344 g/mol. The standard InChI is InChI=1S/C17H20N4O2S/c1-12-16(24-11-19-12)15-10-14(4-5-18-15)17(23)21-7-3-6-20(8-9-21)13(2)22/h4-5,10-11H,3,6-9H2,1-2H3. The lowest BCUT2D eigenvalue weighted by molar-refractivity contribution is -0.128. The van der Waals surface area contributed by atoms with Gasteiger partial charge in [-0.05, 0) is 25.5 Å². The van der Waals surface area contributed by atoms with E-state index in [4.69, 9.17) is 0 Å². The molecule has 3 heterocycles. The molecule has 1 aliphatic rings. The number of carbonyl (C=O) groups is 2. The zero-order valence-electron chi connectivity index (χ0n) is 13.9. The van der Waals surface area contributed by atoms with Crippen LogP contribution in [0.5, 0.6) is 0 Å². The second-order valence-corrected chi connectivity index (χ2v) is 6.70. The monoisotopic (exact) mass is 344 g/mol. The highest BCUT2D eigenvalue weighted by atomic mass is 32.1. The fourth-order valence-electron chi connectivity index (χ4n) is 2.85. The third-order valence-corrected chi connectivity index (χ3v) is 5.16. The van der Waals surface area contributed by atoms with Crippen molar-refractivity contribution in [2.45, 2.75) is 20.3 Å². The maximum Gasteiger partial charge on any atom is 0.254 e. The van der Waals surface area contributed by atoms with Gasteiger partial charge >= 0.3 is 0 Å². The van der Waals surface area contributed by atoms with Crippen LogP contribution < -0.4 is 0 Å². The normalized spacial score (nSPS) is 15.2. The van der Waals surface area contributed by atoms with Crippen molar-refractivity contribution in [3.8, 4) is 10.6 Å². The number of nitrogens with zero attached hydrogens (tertiary/aromatic N) is 4. The summed E-state index contributed by atoms with van der Waals surface area (Å²) in [6, 6.07) is 3.58. The van der Waals surface area contributed by atoms with Crippen molar-refractivity contribution in [1.82, 2.24) is 19.8 Å². The second-order valence-electron chi connectivity index (χ2n) is 5.85. The summed E-state index contributed by atoms with van der Waals surface area (Å²) >= 11 is 1.52. The predicted octanol–water partition coefficient (Wildman–Crippen LogP) is 2.21. The third kappa shape index (κ3) is 3.46. The van der Waals surface area contributed by atoms with Crippen molar-refractivity contribution in [3.05, 3.63) is 35.1 Å². The zero-order chi connectivity index (χ0) is 17.1. The molecule has 2 aromatic heterocycles. The van der Waals surface area contributed by atoms with Crippen molar-refractivity contribution in [1.29, 1.82) is 0 Å². The maximum absolute atomic E-state index is 12.8. The van der Waals surface area contributed by atoms with Crippen LogP contribution in [-0.4, -0.2) is 57.8 Å². The molecular weight excluding hydrogens is 324 g/mol. The fourth-order valence-corrected chi connectivity index (χ4v) is 3.63. The Hall–Kier alpha value is -2.28.